The fourth-order valence-corrected chi connectivity index (χ4v) is 4.90. The third kappa shape index (κ3) is 5.54. The van der Waals surface area contributed by atoms with Crippen LogP contribution in [-0.4, -0.2) is 88.9 Å². The smallest absolute Gasteiger partial charge is 0.326 e. The number of hydrogen-bond acceptors (Lipinski definition) is 6. The Labute approximate surface area is 182 Å². The van der Waals surface area contributed by atoms with Gasteiger partial charge in [0.25, 0.3) is 0 Å². The average Bonchev–Trinajstić information content (AvgIpc) is 3.52. The molecule has 10 nitrogen and oxygen atoms in total. The van der Waals surface area contributed by atoms with Crippen LogP contribution in [0.5, 0.6) is 0 Å². The van der Waals surface area contributed by atoms with Gasteiger partial charge in [0.2, 0.25) is 17.7 Å². The standard InChI is InChI=1S/C21H35N5O5/c22-10-2-1-6-15(20(29)26-13-5-9-17(26)21(30)31)24-18(27)16-8-4-12-25(16)19(28)14-7-3-11-23-14/h14-17,23H,1-13,22H2,(H,24,27)(H,30,31). The van der Waals surface area contributed by atoms with Crippen LogP contribution in [0.1, 0.15) is 57.8 Å². The maximum atomic E-state index is 13.2. The lowest BCUT2D eigenvalue weighted by Gasteiger charge is -2.30. The highest BCUT2D eigenvalue weighted by Crippen LogP contribution is 2.23. The van der Waals surface area contributed by atoms with E-state index in [2.05, 4.69) is 10.6 Å². The monoisotopic (exact) mass is 437 g/mol. The van der Waals surface area contributed by atoms with Gasteiger partial charge in [0, 0.05) is 13.1 Å². The molecule has 3 rings (SSSR count). The zero-order valence-corrected chi connectivity index (χ0v) is 18.1. The minimum Gasteiger partial charge on any atom is -0.480 e. The van der Waals surface area contributed by atoms with Gasteiger partial charge in [-0.25, -0.2) is 4.79 Å². The number of nitrogens with one attached hydrogen (secondary N) is 2. The van der Waals surface area contributed by atoms with Crippen molar-refractivity contribution >= 4 is 23.7 Å². The molecule has 0 aromatic carbocycles. The lowest BCUT2D eigenvalue weighted by atomic mass is 10.1. The first-order valence-electron chi connectivity index (χ1n) is 11.5. The molecule has 3 amide bonds. The molecule has 5 N–H and O–H groups in total. The molecular weight excluding hydrogens is 402 g/mol. The van der Waals surface area contributed by atoms with Crippen molar-refractivity contribution < 1.29 is 24.3 Å². The SMILES string of the molecule is NCCCCC(NC(=O)C1CCCN1C(=O)C1CCCN1)C(=O)N1CCCC1C(=O)O. The van der Waals surface area contributed by atoms with Gasteiger partial charge in [0.1, 0.15) is 18.1 Å². The van der Waals surface area contributed by atoms with E-state index in [0.717, 1.165) is 25.8 Å². The maximum absolute atomic E-state index is 13.2. The summed E-state index contributed by atoms with van der Waals surface area (Å²) in [6.45, 7) is 2.20. The Kier molecular flexibility index (Phi) is 8.25. The van der Waals surface area contributed by atoms with Crippen molar-refractivity contribution in [1.82, 2.24) is 20.4 Å². The fraction of sp³-hybridized carbons (Fsp3) is 0.810. The van der Waals surface area contributed by atoms with E-state index in [-0.39, 0.29) is 23.8 Å². The lowest BCUT2D eigenvalue weighted by Crippen LogP contribution is -2.56. The minimum atomic E-state index is -1.02. The van der Waals surface area contributed by atoms with Crippen molar-refractivity contribution in [3.05, 3.63) is 0 Å². The molecular formula is C21H35N5O5. The summed E-state index contributed by atoms with van der Waals surface area (Å²) in [6.07, 6.45) is 5.84. The Morgan fingerprint density at radius 2 is 1.71 bits per heavy atom. The van der Waals surface area contributed by atoms with Gasteiger partial charge in [0.05, 0.1) is 6.04 Å². The molecule has 0 saturated carbocycles. The van der Waals surface area contributed by atoms with E-state index in [1.165, 1.54) is 4.90 Å². The Balaban J connectivity index is 1.67. The van der Waals surface area contributed by atoms with Crippen LogP contribution in [0, 0.1) is 0 Å². The van der Waals surface area contributed by atoms with Gasteiger partial charge in [0.15, 0.2) is 0 Å². The summed E-state index contributed by atoms with van der Waals surface area (Å²) >= 11 is 0. The predicted octanol–water partition coefficient (Wildman–Crippen LogP) is -0.581. The molecule has 3 saturated heterocycles. The van der Waals surface area contributed by atoms with Crippen LogP contribution in [0.4, 0.5) is 0 Å². The van der Waals surface area contributed by atoms with E-state index >= 15 is 0 Å². The molecule has 0 aromatic heterocycles. The quantitative estimate of drug-likeness (QED) is 0.353. The molecule has 0 spiro atoms. The van der Waals surface area contributed by atoms with E-state index in [4.69, 9.17) is 5.73 Å². The van der Waals surface area contributed by atoms with E-state index in [1.807, 2.05) is 0 Å². The number of nitrogens with two attached hydrogens (primary N) is 1. The third-order valence-corrected chi connectivity index (χ3v) is 6.58. The normalized spacial score (nSPS) is 26.8. The van der Waals surface area contributed by atoms with Crippen LogP contribution in [0.2, 0.25) is 0 Å². The zero-order chi connectivity index (χ0) is 22.4. The average molecular weight is 438 g/mol. The number of amides is 3. The topological polar surface area (TPSA) is 145 Å². The summed E-state index contributed by atoms with van der Waals surface area (Å²) < 4.78 is 0. The van der Waals surface area contributed by atoms with Gasteiger partial charge in [-0.15, -0.1) is 0 Å². The Morgan fingerprint density at radius 3 is 2.35 bits per heavy atom. The lowest BCUT2D eigenvalue weighted by molar-refractivity contribution is -0.150. The number of rotatable bonds is 9. The first-order chi connectivity index (χ1) is 14.9. The van der Waals surface area contributed by atoms with Crippen molar-refractivity contribution in [1.29, 1.82) is 0 Å². The molecule has 31 heavy (non-hydrogen) atoms. The molecule has 4 unspecified atom stereocenters. The van der Waals surface area contributed by atoms with E-state index < -0.39 is 24.1 Å². The Bertz CT molecular complexity index is 681. The van der Waals surface area contributed by atoms with Crippen molar-refractivity contribution in [2.45, 2.75) is 82.0 Å². The molecule has 0 bridgehead atoms. The number of likely N-dealkylation sites (tertiary alicyclic amines) is 2. The minimum absolute atomic E-state index is 0.0494. The zero-order valence-electron chi connectivity index (χ0n) is 18.1. The van der Waals surface area contributed by atoms with Crippen molar-refractivity contribution in [3.63, 3.8) is 0 Å². The Hall–Kier alpha value is -2.20. The van der Waals surface area contributed by atoms with Gasteiger partial charge >= 0.3 is 5.97 Å². The van der Waals surface area contributed by atoms with E-state index in [9.17, 15) is 24.3 Å². The molecule has 0 aromatic rings. The molecule has 0 aliphatic carbocycles. The number of unbranched alkanes of at least 4 members (excludes halogenated alkanes) is 1. The van der Waals surface area contributed by atoms with Crippen LogP contribution in [0.3, 0.4) is 0 Å². The number of carboxylic acid groups (broad SMARTS) is 1. The largest absolute Gasteiger partial charge is 0.480 e. The highest BCUT2D eigenvalue weighted by molar-refractivity contribution is 5.94. The summed E-state index contributed by atoms with van der Waals surface area (Å²) in [7, 11) is 0. The van der Waals surface area contributed by atoms with Crippen molar-refractivity contribution in [3.8, 4) is 0 Å². The summed E-state index contributed by atoms with van der Waals surface area (Å²) in [5, 5.41) is 15.5. The predicted molar refractivity (Wildman–Crippen MR) is 113 cm³/mol. The van der Waals surface area contributed by atoms with Crippen LogP contribution in [0.15, 0.2) is 0 Å². The molecule has 0 radical (unpaired) electrons. The summed E-state index contributed by atoms with van der Waals surface area (Å²) in [6, 6.07) is -2.48. The molecule has 3 fully saturated rings. The molecule has 4 atom stereocenters. The second kappa shape index (κ2) is 10.9. The maximum Gasteiger partial charge on any atom is 0.326 e. The number of carbonyl (C=O) groups excluding carboxylic acids is 3. The summed E-state index contributed by atoms with van der Waals surface area (Å²) in [5.41, 5.74) is 5.58. The summed E-state index contributed by atoms with van der Waals surface area (Å²) in [4.78, 5) is 53.7. The number of hydrogen-bond donors (Lipinski definition) is 4. The molecule has 3 aliphatic heterocycles. The molecule has 10 heteroatoms. The van der Waals surface area contributed by atoms with E-state index in [0.29, 0.717) is 58.2 Å². The van der Waals surface area contributed by atoms with Crippen LogP contribution < -0.4 is 16.4 Å². The van der Waals surface area contributed by atoms with Crippen molar-refractivity contribution in [2.24, 2.45) is 5.73 Å². The molecule has 3 heterocycles. The van der Waals surface area contributed by atoms with Gasteiger partial charge in [-0.1, -0.05) is 0 Å². The van der Waals surface area contributed by atoms with Crippen LogP contribution >= 0.6 is 0 Å². The first kappa shape index (κ1) is 23.5. The van der Waals surface area contributed by atoms with Gasteiger partial charge in [-0.2, -0.15) is 0 Å². The number of carboxylic acids is 1. The first-order valence-corrected chi connectivity index (χ1v) is 11.5. The van der Waals surface area contributed by atoms with Gasteiger partial charge in [-0.05, 0) is 70.9 Å². The van der Waals surface area contributed by atoms with Crippen molar-refractivity contribution in [2.75, 3.05) is 26.2 Å². The second-order valence-electron chi connectivity index (χ2n) is 8.71. The van der Waals surface area contributed by atoms with Crippen LogP contribution in [0.25, 0.3) is 0 Å². The molecule has 3 aliphatic rings. The van der Waals surface area contributed by atoms with Gasteiger partial charge < -0.3 is 31.3 Å². The highest BCUT2D eigenvalue weighted by atomic mass is 16.4. The second-order valence-corrected chi connectivity index (χ2v) is 8.71. The van der Waals surface area contributed by atoms with Crippen LogP contribution in [-0.2, 0) is 19.2 Å². The Morgan fingerprint density at radius 1 is 1.00 bits per heavy atom. The fourth-order valence-electron chi connectivity index (χ4n) is 4.90. The third-order valence-electron chi connectivity index (χ3n) is 6.58. The number of aliphatic carboxylic acids is 1. The number of nitrogens with zero attached hydrogens (tertiary/aromatic N) is 2. The number of carbonyl (C=O) groups is 4. The molecule has 174 valence electrons. The van der Waals surface area contributed by atoms with Gasteiger partial charge in [-0.3, -0.25) is 14.4 Å². The highest BCUT2D eigenvalue weighted by Gasteiger charge is 2.41. The summed E-state index contributed by atoms with van der Waals surface area (Å²) in [5.74, 6) is -1.76. The van der Waals surface area contributed by atoms with E-state index in [1.54, 1.807) is 4.90 Å².